The normalized spacial score (nSPS) is 26.7. The molecule has 0 saturated heterocycles. The highest BCUT2D eigenvalue weighted by Crippen LogP contribution is 2.58. The van der Waals surface area contributed by atoms with Crippen molar-refractivity contribution in [1.82, 2.24) is 0 Å². The molecule has 3 rings (SSSR count). The van der Waals surface area contributed by atoms with E-state index in [2.05, 4.69) is 20.2 Å². The molecule has 0 aromatic heterocycles. The van der Waals surface area contributed by atoms with Crippen molar-refractivity contribution in [2.24, 2.45) is 29.6 Å². The first-order valence-electron chi connectivity index (χ1n) is 14.7. The zero-order valence-electron chi connectivity index (χ0n) is 26.5. The van der Waals surface area contributed by atoms with Crippen molar-refractivity contribution in [3.63, 3.8) is 0 Å². The summed E-state index contributed by atoms with van der Waals surface area (Å²) in [7, 11) is -4.04. The number of hydrogen-bond acceptors (Lipinski definition) is 7. The van der Waals surface area contributed by atoms with Crippen LogP contribution in [0, 0.1) is 29.6 Å². The van der Waals surface area contributed by atoms with Gasteiger partial charge in [-0.1, -0.05) is 18.7 Å². The third kappa shape index (κ3) is 9.34. The largest absolute Gasteiger partial charge is 0.426 e. The SMILES string of the molecule is C=CS(=O)(=O)OC1CC(C(O)(C(F)(F)F)C(F)(F)F)CC(C(O)(C(F)(F)F)C(F)(F)F)C1.COCOC(CC1CC2C=CC1C2)(C(F)(F)F)C(F)(F)F. The van der Waals surface area contributed by atoms with Crippen LogP contribution >= 0.6 is 0 Å². The van der Waals surface area contributed by atoms with E-state index in [4.69, 9.17) is 0 Å². The molecule has 0 spiro atoms. The second-order valence-corrected chi connectivity index (χ2v) is 14.1. The lowest BCUT2D eigenvalue weighted by atomic mass is 9.65. The lowest BCUT2D eigenvalue weighted by Gasteiger charge is -2.48. The fourth-order valence-electron chi connectivity index (χ4n) is 6.78. The molecule has 3 aliphatic carbocycles. The van der Waals surface area contributed by atoms with Crippen molar-refractivity contribution in [2.75, 3.05) is 13.9 Å². The van der Waals surface area contributed by atoms with Crippen LogP contribution in [0.1, 0.15) is 38.5 Å². The van der Waals surface area contributed by atoms with Crippen LogP contribution in [-0.4, -0.2) is 92.5 Å². The summed E-state index contributed by atoms with van der Waals surface area (Å²) in [6, 6.07) is 0. The summed E-state index contributed by atoms with van der Waals surface area (Å²) in [4.78, 5) is 0. The molecule has 0 aromatic rings. The Bertz CT molecular complexity index is 1310. The van der Waals surface area contributed by atoms with Crippen LogP contribution in [0.15, 0.2) is 24.1 Å². The topological polar surface area (TPSA) is 102 Å². The average molecular weight is 841 g/mol. The van der Waals surface area contributed by atoms with Crippen molar-refractivity contribution in [1.29, 1.82) is 0 Å². The molecule has 312 valence electrons. The molecule has 5 unspecified atom stereocenters. The third-order valence-corrected chi connectivity index (χ3v) is 10.3. The molecular weight excluding hydrogens is 810 g/mol. The van der Waals surface area contributed by atoms with Gasteiger partial charge in [0.05, 0.1) is 11.5 Å². The molecule has 2 N–H and O–H groups in total. The molecule has 7 nitrogen and oxygen atoms in total. The van der Waals surface area contributed by atoms with E-state index in [0.29, 0.717) is 12.8 Å². The molecule has 3 aliphatic rings. The summed E-state index contributed by atoms with van der Waals surface area (Å²) >= 11 is 0. The summed E-state index contributed by atoms with van der Waals surface area (Å²) in [5.41, 5.74) is -15.9. The van der Waals surface area contributed by atoms with E-state index in [0.717, 1.165) is 7.11 Å². The van der Waals surface area contributed by atoms with Crippen molar-refractivity contribution in [3.8, 4) is 0 Å². The van der Waals surface area contributed by atoms with Gasteiger partial charge in [0.1, 0.15) is 6.79 Å². The fourth-order valence-corrected chi connectivity index (χ4v) is 7.39. The number of alkyl halides is 18. The molecular formula is C27H30F18O7S. The minimum Gasteiger partial charge on any atom is -0.373 e. The van der Waals surface area contributed by atoms with Gasteiger partial charge in [-0.05, 0) is 56.3 Å². The van der Waals surface area contributed by atoms with E-state index in [1.807, 2.05) is 6.08 Å². The number of aliphatic hydroxyl groups is 2. The number of rotatable bonds is 10. The summed E-state index contributed by atoms with van der Waals surface area (Å²) in [5.74, 6) is -7.85. The van der Waals surface area contributed by atoms with E-state index >= 15 is 0 Å². The maximum absolute atomic E-state index is 13.2. The van der Waals surface area contributed by atoms with Crippen molar-refractivity contribution in [2.45, 2.75) is 98.5 Å². The predicted molar refractivity (Wildman–Crippen MR) is 140 cm³/mol. The number of methoxy groups -OCH3 is 1. The van der Waals surface area contributed by atoms with Crippen LogP contribution in [0.25, 0.3) is 0 Å². The first kappa shape index (κ1) is 47.1. The highest BCUT2D eigenvalue weighted by molar-refractivity contribution is 7.89. The minimum atomic E-state index is -6.66. The summed E-state index contributed by atoms with van der Waals surface area (Å²) in [5, 5.41) is 18.8. The van der Waals surface area contributed by atoms with Crippen molar-refractivity contribution < 1.29 is 111 Å². The molecule has 53 heavy (non-hydrogen) atoms. The van der Waals surface area contributed by atoms with E-state index in [1.54, 1.807) is 6.08 Å². The highest BCUT2D eigenvalue weighted by Gasteiger charge is 2.78. The number of halogens is 18. The summed E-state index contributed by atoms with van der Waals surface area (Å²) in [6.07, 6.45) is -42.8. The molecule has 0 amide bonds. The number of ether oxygens (including phenoxy) is 2. The second kappa shape index (κ2) is 15.1. The van der Waals surface area contributed by atoms with Crippen LogP contribution in [0.5, 0.6) is 0 Å². The number of hydrogen-bond donors (Lipinski definition) is 2. The zero-order valence-corrected chi connectivity index (χ0v) is 27.3. The summed E-state index contributed by atoms with van der Waals surface area (Å²) in [6.45, 7) is 1.60. The van der Waals surface area contributed by atoms with Crippen LogP contribution in [-0.2, 0) is 23.8 Å². The lowest BCUT2D eigenvalue weighted by Crippen LogP contribution is -2.67. The molecule has 2 fully saturated rings. The fraction of sp³-hybridized carbons (Fsp3) is 0.852. The monoisotopic (exact) mass is 840 g/mol. The minimum absolute atomic E-state index is 0.0644. The molecule has 5 atom stereocenters. The molecule has 2 saturated carbocycles. The van der Waals surface area contributed by atoms with Gasteiger partial charge in [-0.25, -0.2) is 0 Å². The highest BCUT2D eigenvalue weighted by atomic mass is 32.2. The van der Waals surface area contributed by atoms with Crippen LogP contribution in [0.2, 0.25) is 0 Å². The Morgan fingerprint density at radius 1 is 0.660 bits per heavy atom. The predicted octanol–water partition coefficient (Wildman–Crippen LogP) is 8.05. The maximum Gasteiger partial charge on any atom is 0.426 e. The zero-order chi connectivity index (χ0) is 41.7. The van der Waals surface area contributed by atoms with Crippen LogP contribution in [0.4, 0.5) is 79.0 Å². The van der Waals surface area contributed by atoms with Gasteiger partial charge in [0, 0.05) is 18.9 Å². The Morgan fingerprint density at radius 2 is 1.08 bits per heavy atom. The molecule has 0 aliphatic heterocycles. The third-order valence-electron chi connectivity index (χ3n) is 9.35. The first-order chi connectivity index (χ1) is 23.5. The average Bonchev–Trinajstić information content (AvgIpc) is 3.58. The Hall–Kier alpha value is -2.03. The van der Waals surface area contributed by atoms with E-state index in [1.165, 1.54) is 0 Å². The summed E-state index contributed by atoms with van der Waals surface area (Å²) < 4.78 is 272. The van der Waals surface area contributed by atoms with Gasteiger partial charge < -0.3 is 19.7 Å². The number of allylic oxidation sites excluding steroid dienone is 2. The van der Waals surface area contributed by atoms with Gasteiger partial charge >= 0.3 is 37.1 Å². The van der Waals surface area contributed by atoms with E-state index in [9.17, 15) is 97.7 Å². The molecule has 0 heterocycles. The lowest BCUT2D eigenvalue weighted by molar-refractivity contribution is -0.405. The molecule has 26 heteroatoms. The quantitative estimate of drug-likeness (QED) is 0.0995. The van der Waals surface area contributed by atoms with Crippen molar-refractivity contribution >= 4 is 10.1 Å². The van der Waals surface area contributed by atoms with Gasteiger partial charge in [-0.15, -0.1) is 0 Å². The Morgan fingerprint density at radius 3 is 1.36 bits per heavy atom. The molecule has 0 aromatic carbocycles. The number of fused-ring (bicyclic) bond motifs is 2. The van der Waals surface area contributed by atoms with Gasteiger partial charge in [-0.3, -0.25) is 4.18 Å². The van der Waals surface area contributed by atoms with E-state index < -0.39 is 120 Å². The van der Waals surface area contributed by atoms with E-state index in [-0.39, 0.29) is 17.2 Å². The standard InChI is InChI=1S/C14H14F12O5S.C13H16F6O2/c1-2-32(29,30)31-8-4-6(9(27,11(15,16)17)12(18,19)20)3-7(5-8)10(28,13(21,22)23)14(24,25)26;1-20-7-21-11(12(14,15)16,13(17,18)19)6-10-5-8-2-3-9(10)4-8/h2,6-8,27-28H,1,3-5H2;2-3,8-10H,4-7H2,1H3. The van der Waals surface area contributed by atoms with Crippen LogP contribution < -0.4 is 0 Å². The van der Waals surface area contributed by atoms with Gasteiger partial charge in [-0.2, -0.15) is 87.4 Å². The Balaban J connectivity index is 0.000000398. The molecule has 0 radical (unpaired) electrons. The second-order valence-electron chi connectivity index (χ2n) is 12.6. The van der Waals surface area contributed by atoms with Crippen LogP contribution in [0.3, 0.4) is 0 Å². The Labute approximate surface area is 288 Å². The smallest absolute Gasteiger partial charge is 0.373 e. The van der Waals surface area contributed by atoms with Gasteiger partial charge in [0.2, 0.25) is 0 Å². The van der Waals surface area contributed by atoms with Gasteiger partial charge in [0.25, 0.3) is 26.9 Å². The maximum atomic E-state index is 13.2. The molecule has 2 bridgehead atoms. The van der Waals surface area contributed by atoms with Crippen molar-refractivity contribution in [3.05, 3.63) is 24.1 Å². The van der Waals surface area contributed by atoms with Gasteiger partial charge in [0.15, 0.2) is 0 Å². The first-order valence-corrected chi connectivity index (χ1v) is 16.1. The Kier molecular flexibility index (Phi) is 13.5.